The predicted octanol–water partition coefficient (Wildman–Crippen LogP) is 3.79. The molecule has 0 heterocycles. The highest BCUT2D eigenvalue weighted by Gasteiger charge is 2.20. The Hall–Kier alpha value is -1.76. The van der Waals surface area contributed by atoms with Crippen LogP contribution in [0.5, 0.6) is 5.75 Å². The molecular weight excluding hydrogens is 342 g/mol. The van der Waals surface area contributed by atoms with E-state index in [0.29, 0.717) is 17.3 Å². The van der Waals surface area contributed by atoms with Crippen LogP contribution >= 0.6 is 11.8 Å². The third kappa shape index (κ3) is 4.63. The first kappa shape index (κ1) is 18.6. The zero-order chi connectivity index (χ0) is 17.6. The van der Waals surface area contributed by atoms with E-state index in [1.807, 2.05) is 42.7 Å². The van der Waals surface area contributed by atoms with Gasteiger partial charge in [0.05, 0.1) is 4.90 Å². The van der Waals surface area contributed by atoms with Gasteiger partial charge in [-0.1, -0.05) is 24.8 Å². The summed E-state index contributed by atoms with van der Waals surface area (Å²) in [7, 11) is -1.95. The van der Waals surface area contributed by atoms with Crippen molar-refractivity contribution in [1.29, 1.82) is 0 Å². The minimum absolute atomic E-state index is 0.276. The van der Waals surface area contributed by atoms with E-state index in [2.05, 4.69) is 6.58 Å². The highest BCUT2D eigenvalue weighted by molar-refractivity contribution is 7.98. The average Bonchev–Trinajstić information content (AvgIpc) is 2.60. The number of sulfonamides is 1. The highest BCUT2D eigenvalue weighted by Crippen LogP contribution is 2.22. The summed E-state index contributed by atoms with van der Waals surface area (Å²) in [6, 6.07) is 14.3. The quantitative estimate of drug-likeness (QED) is 0.529. The van der Waals surface area contributed by atoms with Crippen molar-refractivity contribution in [3.8, 4) is 5.75 Å². The fraction of sp³-hybridized carbons (Fsp3) is 0.222. The van der Waals surface area contributed by atoms with Gasteiger partial charge in [-0.25, -0.2) is 8.42 Å². The molecule has 0 saturated carbocycles. The Labute approximate surface area is 148 Å². The summed E-state index contributed by atoms with van der Waals surface area (Å²) >= 11 is 1.58. The van der Waals surface area contributed by atoms with E-state index in [1.54, 1.807) is 37.0 Å². The topological polar surface area (TPSA) is 46.6 Å². The van der Waals surface area contributed by atoms with Crippen molar-refractivity contribution in [2.45, 2.75) is 16.3 Å². The molecule has 0 saturated heterocycles. The fourth-order valence-electron chi connectivity index (χ4n) is 2.16. The number of ether oxygens (including phenoxy) is 1. The largest absolute Gasteiger partial charge is 0.490 e. The van der Waals surface area contributed by atoms with Crippen molar-refractivity contribution in [2.75, 3.05) is 19.9 Å². The molecule has 0 aliphatic rings. The minimum atomic E-state index is -3.52. The van der Waals surface area contributed by atoms with Gasteiger partial charge in [0.25, 0.3) is 0 Å². The summed E-state index contributed by atoms with van der Waals surface area (Å²) in [5.74, 6) is 0.697. The lowest BCUT2D eigenvalue weighted by Crippen LogP contribution is -2.26. The van der Waals surface area contributed by atoms with Crippen molar-refractivity contribution in [3.05, 3.63) is 66.7 Å². The molecule has 24 heavy (non-hydrogen) atoms. The van der Waals surface area contributed by atoms with Gasteiger partial charge < -0.3 is 4.74 Å². The minimum Gasteiger partial charge on any atom is -0.490 e. The summed E-state index contributed by atoms with van der Waals surface area (Å²) in [5, 5.41) is 0. The molecular formula is C18H21NO3S2. The zero-order valence-corrected chi connectivity index (χ0v) is 15.4. The van der Waals surface area contributed by atoms with Gasteiger partial charge in [0.2, 0.25) is 10.0 Å². The third-order valence-corrected chi connectivity index (χ3v) is 6.00. The Morgan fingerprint density at radius 2 is 1.92 bits per heavy atom. The molecule has 2 aromatic carbocycles. The molecule has 6 heteroatoms. The Bertz CT molecular complexity index is 786. The zero-order valence-electron chi connectivity index (χ0n) is 13.8. The smallest absolute Gasteiger partial charge is 0.243 e. The Kier molecular flexibility index (Phi) is 6.48. The van der Waals surface area contributed by atoms with Crippen LogP contribution in [0.25, 0.3) is 0 Å². The van der Waals surface area contributed by atoms with Gasteiger partial charge in [0, 0.05) is 18.5 Å². The maximum absolute atomic E-state index is 12.7. The Morgan fingerprint density at radius 3 is 2.54 bits per heavy atom. The van der Waals surface area contributed by atoms with Crippen molar-refractivity contribution in [2.24, 2.45) is 0 Å². The van der Waals surface area contributed by atoms with E-state index in [0.717, 1.165) is 10.5 Å². The second-order valence-electron chi connectivity index (χ2n) is 5.18. The monoisotopic (exact) mass is 363 g/mol. The molecule has 2 aromatic rings. The summed E-state index contributed by atoms with van der Waals surface area (Å²) in [6.07, 6.45) is 3.62. The van der Waals surface area contributed by atoms with E-state index in [9.17, 15) is 8.42 Å². The van der Waals surface area contributed by atoms with Gasteiger partial charge in [0.1, 0.15) is 12.4 Å². The number of thioether (sulfide) groups is 1. The second-order valence-corrected chi connectivity index (χ2v) is 8.11. The highest BCUT2D eigenvalue weighted by atomic mass is 32.2. The van der Waals surface area contributed by atoms with Gasteiger partial charge in [-0.15, -0.1) is 11.8 Å². The first-order chi connectivity index (χ1) is 11.5. The first-order valence-corrected chi connectivity index (χ1v) is 10.1. The SMILES string of the molecule is C=CCOc1cccc(CN(C)S(=O)(=O)c2ccc(SC)cc2)c1. The van der Waals surface area contributed by atoms with Gasteiger partial charge in [-0.05, 0) is 48.2 Å². The van der Waals surface area contributed by atoms with Gasteiger partial charge in [-0.3, -0.25) is 0 Å². The average molecular weight is 364 g/mol. The normalized spacial score (nSPS) is 11.5. The molecule has 0 spiro atoms. The lowest BCUT2D eigenvalue weighted by molar-refractivity contribution is 0.362. The van der Waals surface area contributed by atoms with Crippen molar-refractivity contribution in [1.82, 2.24) is 4.31 Å². The Balaban J connectivity index is 2.15. The van der Waals surface area contributed by atoms with Gasteiger partial charge >= 0.3 is 0 Å². The van der Waals surface area contributed by atoms with Crippen LogP contribution in [0.4, 0.5) is 0 Å². The third-order valence-electron chi connectivity index (χ3n) is 3.44. The first-order valence-electron chi connectivity index (χ1n) is 7.40. The number of nitrogens with zero attached hydrogens (tertiary/aromatic N) is 1. The molecule has 0 N–H and O–H groups in total. The molecule has 0 aliphatic carbocycles. The van der Waals surface area contributed by atoms with Crippen LogP contribution in [-0.2, 0) is 16.6 Å². The molecule has 0 aliphatic heterocycles. The number of rotatable bonds is 8. The van der Waals surface area contributed by atoms with Gasteiger partial charge in [0.15, 0.2) is 0 Å². The molecule has 0 bridgehead atoms. The lowest BCUT2D eigenvalue weighted by atomic mass is 10.2. The molecule has 128 valence electrons. The fourth-order valence-corrected chi connectivity index (χ4v) is 3.73. The van der Waals surface area contributed by atoms with Gasteiger partial charge in [-0.2, -0.15) is 4.31 Å². The molecule has 4 nitrogen and oxygen atoms in total. The van der Waals surface area contributed by atoms with Crippen LogP contribution in [0.3, 0.4) is 0 Å². The van der Waals surface area contributed by atoms with E-state index < -0.39 is 10.0 Å². The number of hydrogen-bond acceptors (Lipinski definition) is 4. The predicted molar refractivity (Wildman–Crippen MR) is 99.0 cm³/mol. The number of benzene rings is 2. The van der Waals surface area contributed by atoms with Crippen LogP contribution in [-0.4, -0.2) is 32.6 Å². The second kappa shape index (κ2) is 8.37. The molecule has 0 radical (unpaired) electrons. The van der Waals surface area contributed by atoms with Crippen LogP contribution in [0.2, 0.25) is 0 Å². The maximum Gasteiger partial charge on any atom is 0.243 e. The van der Waals surface area contributed by atoms with Crippen molar-refractivity contribution < 1.29 is 13.2 Å². The van der Waals surface area contributed by atoms with E-state index in [1.165, 1.54) is 4.31 Å². The van der Waals surface area contributed by atoms with Crippen LogP contribution in [0, 0.1) is 0 Å². The molecule has 0 amide bonds. The van der Waals surface area contributed by atoms with Crippen LogP contribution in [0.15, 0.2) is 71.0 Å². The van der Waals surface area contributed by atoms with Crippen LogP contribution < -0.4 is 4.74 Å². The van der Waals surface area contributed by atoms with E-state index >= 15 is 0 Å². The van der Waals surface area contributed by atoms with Crippen LogP contribution in [0.1, 0.15) is 5.56 Å². The molecule has 0 aromatic heterocycles. The summed E-state index contributed by atoms with van der Waals surface area (Å²) < 4.78 is 32.2. The van der Waals surface area contributed by atoms with Crippen molar-refractivity contribution in [3.63, 3.8) is 0 Å². The maximum atomic E-state index is 12.7. The molecule has 0 atom stereocenters. The summed E-state index contributed by atoms with van der Waals surface area (Å²) in [6.45, 7) is 4.30. The molecule has 0 unspecified atom stereocenters. The summed E-state index contributed by atoms with van der Waals surface area (Å²) in [4.78, 5) is 1.32. The standard InChI is InChI=1S/C18H21NO3S2/c1-4-12-22-16-7-5-6-15(13-16)14-19(2)24(20,21)18-10-8-17(23-3)9-11-18/h4-11,13H,1,12,14H2,2-3H3. The van der Waals surface area contributed by atoms with E-state index in [4.69, 9.17) is 4.74 Å². The summed E-state index contributed by atoms with van der Waals surface area (Å²) in [5.41, 5.74) is 0.864. The lowest BCUT2D eigenvalue weighted by Gasteiger charge is -2.18. The number of hydrogen-bond donors (Lipinski definition) is 0. The van der Waals surface area contributed by atoms with E-state index in [-0.39, 0.29) is 6.54 Å². The molecule has 2 rings (SSSR count). The molecule has 0 fully saturated rings. The van der Waals surface area contributed by atoms with Crippen molar-refractivity contribution >= 4 is 21.8 Å². The Morgan fingerprint density at radius 1 is 1.21 bits per heavy atom.